The molecule has 0 aromatic rings. The highest BCUT2D eigenvalue weighted by Crippen LogP contribution is 2.66. The Balaban J connectivity index is 1.82. The molecule has 1 N–H and O–H groups in total. The van der Waals surface area contributed by atoms with Gasteiger partial charge in [-0.15, -0.1) is 0 Å². The SMILES string of the molecule is CCCC(C)C(O)C12CC3CC(CC(C)(C3)C1)C2. The topological polar surface area (TPSA) is 20.2 Å². The third-order valence-electron chi connectivity index (χ3n) is 6.31. The lowest BCUT2D eigenvalue weighted by Crippen LogP contribution is -2.56. The van der Waals surface area contributed by atoms with Crippen LogP contribution >= 0.6 is 0 Å². The molecule has 0 aliphatic heterocycles. The van der Waals surface area contributed by atoms with Gasteiger partial charge < -0.3 is 5.11 Å². The lowest BCUT2D eigenvalue weighted by atomic mass is 9.43. The van der Waals surface area contributed by atoms with Gasteiger partial charge in [0.25, 0.3) is 0 Å². The maximum atomic E-state index is 10.9. The van der Waals surface area contributed by atoms with Crippen molar-refractivity contribution >= 4 is 0 Å². The molecule has 1 nitrogen and oxygen atoms in total. The van der Waals surface area contributed by atoms with E-state index in [1.54, 1.807) is 0 Å². The molecule has 0 heterocycles. The Morgan fingerprint density at radius 1 is 1.17 bits per heavy atom. The molecule has 0 aromatic carbocycles. The van der Waals surface area contributed by atoms with Gasteiger partial charge in [-0.2, -0.15) is 0 Å². The van der Waals surface area contributed by atoms with E-state index in [-0.39, 0.29) is 6.10 Å². The van der Waals surface area contributed by atoms with Crippen molar-refractivity contribution in [3.8, 4) is 0 Å². The third-order valence-corrected chi connectivity index (χ3v) is 6.31. The first kappa shape index (κ1) is 13.0. The van der Waals surface area contributed by atoms with E-state index in [1.165, 1.54) is 51.4 Å². The molecule has 0 spiro atoms. The van der Waals surface area contributed by atoms with Crippen LogP contribution in [0.1, 0.15) is 72.1 Å². The molecule has 4 unspecified atom stereocenters. The number of hydrogen-bond acceptors (Lipinski definition) is 1. The first-order valence-electron chi connectivity index (χ1n) is 8.14. The Morgan fingerprint density at radius 2 is 1.78 bits per heavy atom. The molecule has 0 radical (unpaired) electrons. The van der Waals surface area contributed by atoms with Crippen molar-refractivity contribution in [3.63, 3.8) is 0 Å². The van der Waals surface area contributed by atoms with Crippen LogP contribution in [0.5, 0.6) is 0 Å². The fourth-order valence-electron chi connectivity index (χ4n) is 6.36. The molecule has 4 fully saturated rings. The molecule has 1 heteroatoms. The van der Waals surface area contributed by atoms with Gasteiger partial charge in [-0.3, -0.25) is 0 Å². The minimum absolute atomic E-state index is 0.0392. The molecule has 4 atom stereocenters. The molecular weight excluding hydrogens is 220 g/mol. The van der Waals surface area contributed by atoms with Crippen LogP contribution in [-0.4, -0.2) is 11.2 Å². The van der Waals surface area contributed by atoms with E-state index in [0.29, 0.717) is 16.7 Å². The first-order chi connectivity index (χ1) is 8.46. The van der Waals surface area contributed by atoms with Crippen LogP contribution in [-0.2, 0) is 0 Å². The van der Waals surface area contributed by atoms with Gasteiger partial charge in [0, 0.05) is 0 Å². The normalized spacial score (nSPS) is 49.3. The quantitative estimate of drug-likeness (QED) is 0.784. The van der Waals surface area contributed by atoms with Gasteiger partial charge in [0.2, 0.25) is 0 Å². The second kappa shape index (κ2) is 4.23. The summed E-state index contributed by atoms with van der Waals surface area (Å²) in [6.07, 6.45) is 10.7. The number of aliphatic hydroxyl groups excluding tert-OH is 1. The van der Waals surface area contributed by atoms with E-state index < -0.39 is 0 Å². The summed E-state index contributed by atoms with van der Waals surface area (Å²) in [5, 5.41) is 10.9. The Bertz CT molecular complexity index is 308. The van der Waals surface area contributed by atoms with E-state index >= 15 is 0 Å². The smallest absolute Gasteiger partial charge is 0.0622 e. The highest BCUT2D eigenvalue weighted by molar-refractivity contribution is 5.08. The predicted molar refractivity (Wildman–Crippen MR) is 75.3 cm³/mol. The zero-order chi connectivity index (χ0) is 13.0. The summed E-state index contributed by atoms with van der Waals surface area (Å²) in [4.78, 5) is 0. The van der Waals surface area contributed by atoms with Gasteiger partial charge in [-0.05, 0) is 73.5 Å². The van der Waals surface area contributed by atoms with Crippen LogP contribution in [0.4, 0.5) is 0 Å². The Morgan fingerprint density at radius 3 is 2.28 bits per heavy atom. The maximum Gasteiger partial charge on any atom is 0.0622 e. The molecule has 104 valence electrons. The average molecular weight is 250 g/mol. The molecule has 0 aromatic heterocycles. The molecule has 4 saturated carbocycles. The number of aliphatic hydroxyl groups is 1. The summed E-state index contributed by atoms with van der Waals surface area (Å²) in [6.45, 7) is 7.01. The van der Waals surface area contributed by atoms with Crippen LogP contribution < -0.4 is 0 Å². The van der Waals surface area contributed by atoms with Crippen molar-refractivity contribution in [2.45, 2.75) is 78.2 Å². The maximum absolute atomic E-state index is 10.9. The molecular formula is C17H30O. The van der Waals surface area contributed by atoms with Gasteiger partial charge in [-0.1, -0.05) is 27.2 Å². The summed E-state index contributed by atoms with van der Waals surface area (Å²) in [5.41, 5.74) is 0.865. The first-order valence-corrected chi connectivity index (χ1v) is 8.14. The summed E-state index contributed by atoms with van der Waals surface area (Å²) < 4.78 is 0. The van der Waals surface area contributed by atoms with Crippen LogP contribution in [0.15, 0.2) is 0 Å². The zero-order valence-corrected chi connectivity index (χ0v) is 12.4. The van der Waals surface area contributed by atoms with Crippen LogP contribution in [0, 0.1) is 28.6 Å². The molecule has 4 bridgehead atoms. The van der Waals surface area contributed by atoms with Gasteiger partial charge in [0.05, 0.1) is 6.10 Å². The molecule has 0 saturated heterocycles. The number of rotatable bonds is 4. The molecule has 4 aliphatic rings. The lowest BCUT2D eigenvalue weighted by Gasteiger charge is -2.63. The van der Waals surface area contributed by atoms with Crippen molar-refractivity contribution in [1.82, 2.24) is 0 Å². The third kappa shape index (κ3) is 1.94. The van der Waals surface area contributed by atoms with Gasteiger partial charge >= 0.3 is 0 Å². The molecule has 4 aliphatic carbocycles. The minimum atomic E-state index is -0.0392. The van der Waals surface area contributed by atoms with Crippen molar-refractivity contribution in [2.24, 2.45) is 28.6 Å². The van der Waals surface area contributed by atoms with E-state index in [9.17, 15) is 5.11 Å². The largest absolute Gasteiger partial charge is 0.392 e. The van der Waals surface area contributed by atoms with Crippen molar-refractivity contribution < 1.29 is 5.11 Å². The summed E-state index contributed by atoms with van der Waals surface area (Å²) in [5.74, 6) is 2.36. The van der Waals surface area contributed by atoms with E-state index in [1.807, 2.05) is 0 Å². The minimum Gasteiger partial charge on any atom is -0.392 e. The number of hydrogen-bond donors (Lipinski definition) is 1. The van der Waals surface area contributed by atoms with E-state index in [0.717, 1.165) is 11.8 Å². The summed E-state index contributed by atoms with van der Waals surface area (Å²) >= 11 is 0. The van der Waals surface area contributed by atoms with Crippen molar-refractivity contribution in [3.05, 3.63) is 0 Å². The Kier molecular flexibility index (Phi) is 3.05. The summed E-state index contributed by atoms with van der Waals surface area (Å²) in [7, 11) is 0. The molecule has 18 heavy (non-hydrogen) atoms. The predicted octanol–water partition coefficient (Wildman–Crippen LogP) is 4.39. The average Bonchev–Trinajstić information content (AvgIpc) is 2.24. The Labute approximate surface area is 112 Å². The Hall–Kier alpha value is -0.0400. The summed E-state index contributed by atoms with van der Waals surface area (Å²) in [6, 6.07) is 0. The second-order valence-electron chi connectivity index (χ2n) is 8.34. The van der Waals surface area contributed by atoms with Gasteiger partial charge in [0.15, 0.2) is 0 Å². The monoisotopic (exact) mass is 250 g/mol. The van der Waals surface area contributed by atoms with Crippen LogP contribution in [0.2, 0.25) is 0 Å². The lowest BCUT2D eigenvalue weighted by molar-refractivity contribution is -0.165. The standard InChI is InChI=1S/C17H30O/c1-4-5-12(2)15(18)17-9-13-6-14(10-17)8-16(3,7-13)11-17/h12-15,18H,4-11H2,1-3H3. The van der Waals surface area contributed by atoms with Crippen LogP contribution in [0.25, 0.3) is 0 Å². The highest BCUT2D eigenvalue weighted by atomic mass is 16.3. The van der Waals surface area contributed by atoms with Crippen LogP contribution in [0.3, 0.4) is 0 Å². The molecule has 4 rings (SSSR count). The highest BCUT2D eigenvalue weighted by Gasteiger charge is 2.58. The molecule has 0 amide bonds. The van der Waals surface area contributed by atoms with Crippen molar-refractivity contribution in [2.75, 3.05) is 0 Å². The fourth-order valence-corrected chi connectivity index (χ4v) is 6.36. The van der Waals surface area contributed by atoms with Gasteiger partial charge in [0.1, 0.15) is 0 Å². The van der Waals surface area contributed by atoms with Gasteiger partial charge in [-0.25, -0.2) is 0 Å². The van der Waals surface area contributed by atoms with Crippen molar-refractivity contribution in [1.29, 1.82) is 0 Å². The second-order valence-corrected chi connectivity index (χ2v) is 8.34. The fraction of sp³-hybridized carbons (Fsp3) is 1.00. The zero-order valence-electron chi connectivity index (χ0n) is 12.4. The van der Waals surface area contributed by atoms with E-state index in [2.05, 4.69) is 20.8 Å². The van der Waals surface area contributed by atoms with E-state index in [4.69, 9.17) is 0 Å².